The van der Waals surface area contributed by atoms with Crippen LogP contribution >= 0.6 is 12.2 Å². The van der Waals surface area contributed by atoms with E-state index in [2.05, 4.69) is 10.4 Å². The molecule has 2 aromatic rings. The summed E-state index contributed by atoms with van der Waals surface area (Å²) in [6, 6.07) is 11.2. The molecule has 0 aliphatic heterocycles. The van der Waals surface area contributed by atoms with Crippen molar-refractivity contribution in [2.75, 3.05) is 6.54 Å². The topological polar surface area (TPSA) is 72.9 Å². The molecule has 1 unspecified atom stereocenters. The molecule has 0 radical (unpaired) electrons. The van der Waals surface area contributed by atoms with E-state index in [9.17, 15) is 4.79 Å². The van der Waals surface area contributed by atoms with Crippen molar-refractivity contribution in [2.45, 2.75) is 12.3 Å². The first-order chi connectivity index (χ1) is 10.1. The van der Waals surface area contributed by atoms with Gasteiger partial charge in [-0.3, -0.25) is 9.48 Å². The third-order valence-corrected chi connectivity index (χ3v) is 3.36. The number of hydrogen-bond acceptors (Lipinski definition) is 3. The van der Waals surface area contributed by atoms with Gasteiger partial charge in [-0.2, -0.15) is 5.10 Å². The molecule has 1 heterocycles. The first-order valence-electron chi connectivity index (χ1n) is 6.68. The van der Waals surface area contributed by atoms with Gasteiger partial charge < -0.3 is 11.1 Å². The maximum atomic E-state index is 12.3. The Morgan fingerprint density at radius 3 is 2.67 bits per heavy atom. The lowest BCUT2D eigenvalue weighted by molar-refractivity contribution is -0.121. The SMILES string of the molecule is Cn1ccc(CCNC(=O)C(C(N)=S)c2ccccc2)n1. The van der Waals surface area contributed by atoms with E-state index < -0.39 is 5.92 Å². The van der Waals surface area contributed by atoms with E-state index in [1.165, 1.54) is 0 Å². The Hall–Kier alpha value is -2.21. The summed E-state index contributed by atoms with van der Waals surface area (Å²) in [5, 5.41) is 7.13. The van der Waals surface area contributed by atoms with Crippen molar-refractivity contribution >= 4 is 23.1 Å². The first-order valence-corrected chi connectivity index (χ1v) is 7.09. The molecule has 0 fully saturated rings. The van der Waals surface area contributed by atoms with Gasteiger partial charge in [0.1, 0.15) is 5.92 Å². The highest BCUT2D eigenvalue weighted by Crippen LogP contribution is 2.16. The molecule has 0 aliphatic rings. The summed E-state index contributed by atoms with van der Waals surface area (Å²) >= 11 is 5.02. The van der Waals surface area contributed by atoms with Gasteiger partial charge >= 0.3 is 0 Å². The zero-order valence-corrected chi connectivity index (χ0v) is 12.6. The number of nitrogens with zero attached hydrogens (tertiary/aromatic N) is 2. The third-order valence-electron chi connectivity index (χ3n) is 3.13. The zero-order valence-electron chi connectivity index (χ0n) is 11.8. The van der Waals surface area contributed by atoms with Crippen LogP contribution in [0.1, 0.15) is 17.2 Å². The van der Waals surface area contributed by atoms with Gasteiger partial charge in [0.05, 0.1) is 10.7 Å². The first kappa shape index (κ1) is 15.2. The molecule has 1 aromatic heterocycles. The lowest BCUT2D eigenvalue weighted by atomic mass is 9.98. The molecule has 1 aromatic carbocycles. The number of amides is 1. The molecular weight excluding hydrogens is 284 g/mol. The quantitative estimate of drug-likeness (QED) is 0.785. The number of thiocarbonyl (C=S) groups is 1. The van der Waals surface area contributed by atoms with Gasteiger partial charge in [0.25, 0.3) is 0 Å². The lowest BCUT2D eigenvalue weighted by Crippen LogP contribution is -2.37. The minimum Gasteiger partial charge on any atom is -0.392 e. The van der Waals surface area contributed by atoms with Gasteiger partial charge in [-0.05, 0) is 11.6 Å². The summed E-state index contributed by atoms with van der Waals surface area (Å²) in [5.74, 6) is -0.769. The van der Waals surface area contributed by atoms with E-state index in [1.54, 1.807) is 4.68 Å². The number of rotatable bonds is 6. The van der Waals surface area contributed by atoms with E-state index in [-0.39, 0.29) is 10.9 Å². The summed E-state index contributed by atoms with van der Waals surface area (Å²) in [4.78, 5) is 12.5. The molecule has 1 atom stereocenters. The molecule has 6 heteroatoms. The van der Waals surface area contributed by atoms with Crippen molar-refractivity contribution < 1.29 is 4.79 Å². The van der Waals surface area contributed by atoms with Crippen molar-refractivity contribution in [1.82, 2.24) is 15.1 Å². The number of benzene rings is 1. The number of carbonyl (C=O) groups excluding carboxylic acids is 1. The van der Waals surface area contributed by atoms with Crippen molar-refractivity contribution in [1.29, 1.82) is 0 Å². The molecule has 110 valence electrons. The molecule has 0 spiro atoms. The average Bonchev–Trinajstić information content (AvgIpc) is 2.85. The van der Waals surface area contributed by atoms with Gasteiger partial charge in [-0.1, -0.05) is 42.5 Å². The highest BCUT2D eigenvalue weighted by Gasteiger charge is 2.22. The standard InChI is InChI=1S/C15H18N4OS/c1-19-10-8-12(18-19)7-9-17-15(20)13(14(16)21)11-5-3-2-4-6-11/h2-6,8,10,13H,7,9H2,1H3,(H2,16,21)(H,17,20). The van der Waals surface area contributed by atoms with Crippen LogP contribution in [0.15, 0.2) is 42.6 Å². The molecule has 0 aliphatic carbocycles. The van der Waals surface area contributed by atoms with Crippen LogP contribution in [-0.2, 0) is 18.3 Å². The van der Waals surface area contributed by atoms with Crippen LogP contribution in [0.2, 0.25) is 0 Å². The Bertz CT molecular complexity index is 624. The Kier molecular flexibility index (Phi) is 5.05. The maximum absolute atomic E-state index is 12.3. The molecular formula is C15H18N4OS. The highest BCUT2D eigenvalue weighted by molar-refractivity contribution is 7.80. The minimum absolute atomic E-state index is 0.176. The predicted octanol–water partition coefficient (Wildman–Crippen LogP) is 1.15. The number of carbonyl (C=O) groups is 1. The van der Waals surface area contributed by atoms with Gasteiger partial charge in [0, 0.05) is 26.2 Å². The maximum Gasteiger partial charge on any atom is 0.234 e. The zero-order chi connectivity index (χ0) is 15.2. The fourth-order valence-electron chi connectivity index (χ4n) is 2.10. The normalized spacial score (nSPS) is 11.9. The van der Waals surface area contributed by atoms with Crippen molar-refractivity contribution in [3.63, 3.8) is 0 Å². The van der Waals surface area contributed by atoms with Crippen molar-refractivity contribution in [2.24, 2.45) is 12.8 Å². The fraction of sp³-hybridized carbons (Fsp3) is 0.267. The summed E-state index contributed by atoms with van der Waals surface area (Å²) in [7, 11) is 1.86. The summed E-state index contributed by atoms with van der Waals surface area (Å²) in [6.07, 6.45) is 2.55. The summed E-state index contributed by atoms with van der Waals surface area (Å²) < 4.78 is 1.74. The number of aryl methyl sites for hydroxylation is 1. The van der Waals surface area contributed by atoms with Crippen LogP contribution in [0.4, 0.5) is 0 Å². The molecule has 3 N–H and O–H groups in total. The fourth-order valence-corrected chi connectivity index (χ4v) is 2.35. The van der Waals surface area contributed by atoms with Crippen LogP contribution in [0, 0.1) is 0 Å². The van der Waals surface area contributed by atoms with Gasteiger partial charge in [-0.15, -0.1) is 0 Å². The minimum atomic E-state index is -0.593. The molecule has 0 bridgehead atoms. The van der Waals surface area contributed by atoms with E-state index >= 15 is 0 Å². The predicted molar refractivity (Wildman–Crippen MR) is 85.9 cm³/mol. The van der Waals surface area contributed by atoms with Crippen molar-refractivity contribution in [3.8, 4) is 0 Å². The molecule has 0 saturated heterocycles. The summed E-state index contributed by atoms with van der Waals surface area (Å²) in [6.45, 7) is 0.502. The lowest BCUT2D eigenvalue weighted by Gasteiger charge is -2.15. The van der Waals surface area contributed by atoms with Crippen LogP contribution in [0.5, 0.6) is 0 Å². The summed E-state index contributed by atoms with van der Waals surface area (Å²) in [5.41, 5.74) is 7.45. The molecule has 0 saturated carbocycles. The third kappa shape index (κ3) is 4.13. The number of nitrogens with one attached hydrogen (secondary N) is 1. The smallest absolute Gasteiger partial charge is 0.234 e. The molecule has 5 nitrogen and oxygen atoms in total. The largest absolute Gasteiger partial charge is 0.392 e. The van der Waals surface area contributed by atoms with Crippen LogP contribution < -0.4 is 11.1 Å². The second-order valence-corrected chi connectivity index (χ2v) is 5.24. The van der Waals surface area contributed by atoms with Crippen molar-refractivity contribution in [3.05, 3.63) is 53.9 Å². The van der Waals surface area contributed by atoms with E-state index in [4.69, 9.17) is 18.0 Å². The Labute approximate surface area is 129 Å². The van der Waals surface area contributed by atoms with Gasteiger partial charge in [-0.25, -0.2) is 0 Å². The monoisotopic (exact) mass is 302 g/mol. The van der Waals surface area contributed by atoms with Gasteiger partial charge in [0.2, 0.25) is 5.91 Å². The highest BCUT2D eigenvalue weighted by atomic mass is 32.1. The Morgan fingerprint density at radius 2 is 2.10 bits per heavy atom. The second kappa shape index (κ2) is 6.99. The van der Waals surface area contributed by atoms with E-state index in [0.29, 0.717) is 13.0 Å². The molecule has 1 amide bonds. The van der Waals surface area contributed by atoms with Gasteiger partial charge in [0.15, 0.2) is 0 Å². The molecule has 2 rings (SSSR count). The van der Waals surface area contributed by atoms with E-state index in [1.807, 2.05) is 49.6 Å². The number of nitrogens with two attached hydrogens (primary N) is 1. The van der Waals surface area contributed by atoms with Crippen LogP contribution in [0.3, 0.4) is 0 Å². The Balaban J connectivity index is 1.95. The second-order valence-electron chi connectivity index (χ2n) is 4.77. The number of hydrogen-bond donors (Lipinski definition) is 2. The molecule has 21 heavy (non-hydrogen) atoms. The van der Waals surface area contributed by atoms with Crippen LogP contribution in [-0.4, -0.2) is 27.2 Å². The average molecular weight is 302 g/mol. The number of aromatic nitrogens is 2. The Morgan fingerprint density at radius 1 is 1.38 bits per heavy atom. The van der Waals surface area contributed by atoms with Crippen LogP contribution in [0.25, 0.3) is 0 Å². The van der Waals surface area contributed by atoms with E-state index in [0.717, 1.165) is 11.3 Å².